The molecule has 0 bridgehead atoms. The van der Waals surface area contributed by atoms with Gasteiger partial charge in [-0.05, 0) is 50.1 Å². The first-order valence-corrected chi connectivity index (χ1v) is 8.31. The van der Waals surface area contributed by atoms with E-state index in [1.165, 1.54) is 0 Å². The van der Waals surface area contributed by atoms with E-state index in [0.717, 1.165) is 49.9 Å². The van der Waals surface area contributed by atoms with Crippen molar-refractivity contribution in [3.8, 4) is 11.5 Å². The van der Waals surface area contributed by atoms with Crippen LogP contribution in [-0.2, 0) is 4.79 Å². The van der Waals surface area contributed by atoms with Gasteiger partial charge in [0.1, 0.15) is 18.1 Å². The topological polar surface area (TPSA) is 42.0 Å². The van der Waals surface area contributed by atoms with Crippen molar-refractivity contribution in [1.29, 1.82) is 0 Å². The van der Waals surface area contributed by atoms with Gasteiger partial charge in [-0.15, -0.1) is 0 Å². The van der Waals surface area contributed by atoms with Crippen molar-refractivity contribution in [3.63, 3.8) is 0 Å². The van der Waals surface area contributed by atoms with Crippen LogP contribution in [0.2, 0.25) is 0 Å². The summed E-state index contributed by atoms with van der Waals surface area (Å²) in [5.41, 5.74) is 0. The van der Waals surface area contributed by atoms with Crippen LogP contribution in [0.4, 0.5) is 0 Å². The summed E-state index contributed by atoms with van der Waals surface area (Å²) < 4.78 is 10.8. The number of ether oxygens (including phenoxy) is 2. The van der Waals surface area contributed by atoms with E-state index in [4.69, 9.17) is 9.47 Å². The van der Waals surface area contributed by atoms with Crippen molar-refractivity contribution in [1.82, 2.24) is 9.80 Å². The lowest BCUT2D eigenvalue weighted by Gasteiger charge is -2.31. The molecule has 1 aliphatic rings. The minimum absolute atomic E-state index is 0.226. The van der Waals surface area contributed by atoms with Crippen LogP contribution in [0.1, 0.15) is 19.8 Å². The molecular formula is C18H28N2O3. The van der Waals surface area contributed by atoms with Gasteiger partial charge in [0.15, 0.2) is 0 Å². The molecule has 128 valence electrons. The first-order valence-electron chi connectivity index (χ1n) is 8.31. The fraction of sp³-hybridized carbons (Fsp3) is 0.611. The molecule has 1 aliphatic heterocycles. The number of likely N-dealkylation sites (N-methyl/N-ethyl adjacent to an activating group) is 1. The monoisotopic (exact) mass is 320 g/mol. The van der Waals surface area contributed by atoms with Crippen molar-refractivity contribution < 1.29 is 14.3 Å². The minimum atomic E-state index is 0.226. The highest BCUT2D eigenvalue weighted by Crippen LogP contribution is 2.17. The highest BCUT2D eigenvalue weighted by molar-refractivity contribution is 5.78. The highest BCUT2D eigenvalue weighted by atomic mass is 16.5. The third kappa shape index (κ3) is 5.75. The molecule has 0 aliphatic carbocycles. The maximum absolute atomic E-state index is 12.2. The molecule has 1 heterocycles. The third-order valence-electron chi connectivity index (χ3n) is 4.34. The van der Waals surface area contributed by atoms with Crippen LogP contribution in [-0.4, -0.2) is 62.7 Å². The van der Waals surface area contributed by atoms with E-state index < -0.39 is 0 Å². The molecule has 0 unspecified atom stereocenters. The van der Waals surface area contributed by atoms with Crippen molar-refractivity contribution in [2.24, 2.45) is 5.92 Å². The average molecular weight is 320 g/mol. The summed E-state index contributed by atoms with van der Waals surface area (Å²) in [5, 5.41) is 0. The van der Waals surface area contributed by atoms with Gasteiger partial charge in [-0.3, -0.25) is 9.69 Å². The summed E-state index contributed by atoms with van der Waals surface area (Å²) in [4.78, 5) is 16.3. The maximum Gasteiger partial charge on any atom is 0.236 e. The largest absolute Gasteiger partial charge is 0.497 e. The number of benzene rings is 1. The van der Waals surface area contributed by atoms with Crippen LogP contribution in [0.25, 0.3) is 0 Å². The number of likely N-dealkylation sites (tertiary alicyclic amines) is 1. The highest BCUT2D eigenvalue weighted by Gasteiger charge is 2.20. The van der Waals surface area contributed by atoms with Crippen LogP contribution >= 0.6 is 0 Å². The number of hydrogen-bond donors (Lipinski definition) is 0. The molecule has 0 saturated carbocycles. The van der Waals surface area contributed by atoms with Crippen LogP contribution in [0, 0.1) is 5.92 Å². The Labute approximate surface area is 139 Å². The average Bonchev–Trinajstić information content (AvgIpc) is 2.56. The molecule has 23 heavy (non-hydrogen) atoms. The zero-order valence-electron chi connectivity index (χ0n) is 14.5. The molecule has 0 spiro atoms. The number of rotatable bonds is 7. The zero-order chi connectivity index (χ0) is 16.7. The Morgan fingerprint density at radius 3 is 2.43 bits per heavy atom. The fourth-order valence-electron chi connectivity index (χ4n) is 2.66. The van der Waals surface area contributed by atoms with Gasteiger partial charge in [0.25, 0.3) is 0 Å². The summed E-state index contributed by atoms with van der Waals surface area (Å²) in [6, 6.07) is 7.53. The van der Waals surface area contributed by atoms with Gasteiger partial charge < -0.3 is 14.4 Å². The van der Waals surface area contributed by atoms with Gasteiger partial charge in [-0.25, -0.2) is 0 Å². The molecule has 0 aromatic heterocycles. The molecule has 0 N–H and O–H groups in total. The van der Waals surface area contributed by atoms with E-state index >= 15 is 0 Å². The lowest BCUT2D eigenvalue weighted by Crippen LogP contribution is -2.43. The maximum atomic E-state index is 12.2. The second-order valence-corrected chi connectivity index (χ2v) is 6.33. The number of nitrogens with zero attached hydrogens (tertiary/aromatic N) is 2. The normalized spacial score (nSPS) is 15.7. The molecule has 0 radical (unpaired) electrons. The van der Waals surface area contributed by atoms with Gasteiger partial charge in [0.05, 0.1) is 13.7 Å². The smallest absolute Gasteiger partial charge is 0.236 e. The molecule has 1 saturated heterocycles. The Bertz CT molecular complexity index is 482. The summed E-state index contributed by atoms with van der Waals surface area (Å²) >= 11 is 0. The lowest BCUT2D eigenvalue weighted by atomic mass is 9.99. The van der Waals surface area contributed by atoms with Crippen LogP contribution in [0.3, 0.4) is 0 Å². The van der Waals surface area contributed by atoms with Gasteiger partial charge in [-0.1, -0.05) is 6.92 Å². The van der Waals surface area contributed by atoms with Crippen molar-refractivity contribution in [3.05, 3.63) is 24.3 Å². The van der Waals surface area contributed by atoms with Crippen molar-refractivity contribution in [2.75, 3.05) is 46.9 Å². The Morgan fingerprint density at radius 2 is 1.83 bits per heavy atom. The molecule has 2 rings (SSSR count). The quantitative estimate of drug-likeness (QED) is 0.773. The molecule has 5 nitrogen and oxygen atoms in total. The predicted molar refractivity (Wildman–Crippen MR) is 91.0 cm³/mol. The SMILES string of the molecule is COc1ccc(OCCN(C)CC(=O)N2CCC(C)CC2)cc1. The first kappa shape index (κ1) is 17.6. The predicted octanol–water partition coefficient (Wildman–Crippen LogP) is 2.26. The van der Waals surface area contributed by atoms with Crippen LogP contribution < -0.4 is 9.47 Å². The fourth-order valence-corrected chi connectivity index (χ4v) is 2.66. The second kappa shape index (κ2) is 8.77. The van der Waals surface area contributed by atoms with Crippen molar-refractivity contribution >= 4 is 5.91 Å². The Morgan fingerprint density at radius 1 is 1.22 bits per heavy atom. The summed E-state index contributed by atoms with van der Waals surface area (Å²) in [7, 11) is 3.60. The number of carbonyl (C=O) groups is 1. The van der Waals surface area contributed by atoms with E-state index in [-0.39, 0.29) is 5.91 Å². The van der Waals surface area contributed by atoms with Crippen molar-refractivity contribution in [2.45, 2.75) is 19.8 Å². The standard InChI is InChI=1S/C18H28N2O3/c1-15-8-10-20(11-9-15)18(21)14-19(2)12-13-23-17-6-4-16(22-3)5-7-17/h4-7,15H,8-14H2,1-3H3. The number of methoxy groups -OCH3 is 1. The second-order valence-electron chi connectivity index (χ2n) is 6.33. The lowest BCUT2D eigenvalue weighted by molar-refractivity contribution is -0.133. The number of hydrogen-bond acceptors (Lipinski definition) is 4. The van der Waals surface area contributed by atoms with E-state index in [1.807, 2.05) is 41.1 Å². The summed E-state index contributed by atoms with van der Waals surface area (Å²) in [5.74, 6) is 2.60. The Hall–Kier alpha value is -1.75. The first-order chi connectivity index (χ1) is 11.1. The van der Waals surface area contributed by atoms with E-state index in [1.54, 1.807) is 7.11 Å². The molecule has 1 aromatic carbocycles. The van der Waals surface area contributed by atoms with Gasteiger partial charge >= 0.3 is 0 Å². The third-order valence-corrected chi connectivity index (χ3v) is 4.34. The van der Waals surface area contributed by atoms with Crippen LogP contribution in [0.5, 0.6) is 11.5 Å². The number of piperidine rings is 1. The number of amides is 1. The minimum Gasteiger partial charge on any atom is -0.497 e. The molecule has 1 aromatic rings. The Kier molecular flexibility index (Phi) is 6.71. The molecule has 1 amide bonds. The van der Waals surface area contributed by atoms with Gasteiger partial charge in [0, 0.05) is 19.6 Å². The Balaban J connectivity index is 1.66. The molecule has 1 fully saturated rings. The number of carbonyl (C=O) groups excluding carboxylic acids is 1. The molecular weight excluding hydrogens is 292 g/mol. The van der Waals surface area contributed by atoms with E-state index in [2.05, 4.69) is 6.92 Å². The summed E-state index contributed by atoms with van der Waals surface area (Å²) in [6.45, 7) is 5.80. The van der Waals surface area contributed by atoms with Crippen LogP contribution in [0.15, 0.2) is 24.3 Å². The van der Waals surface area contributed by atoms with E-state index in [0.29, 0.717) is 13.2 Å². The summed E-state index contributed by atoms with van der Waals surface area (Å²) in [6.07, 6.45) is 2.24. The van der Waals surface area contributed by atoms with Gasteiger partial charge in [-0.2, -0.15) is 0 Å². The van der Waals surface area contributed by atoms with Gasteiger partial charge in [0.2, 0.25) is 5.91 Å². The molecule has 5 heteroatoms. The zero-order valence-corrected chi connectivity index (χ0v) is 14.5. The van der Waals surface area contributed by atoms with E-state index in [9.17, 15) is 4.79 Å². The molecule has 0 atom stereocenters.